The Morgan fingerprint density at radius 1 is 1.29 bits per heavy atom. The van der Waals surface area contributed by atoms with E-state index in [4.69, 9.17) is 9.78 Å². The number of benzene rings is 1. The first-order valence-corrected chi connectivity index (χ1v) is 6.99. The molecule has 0 saturated carbocycles. The Morgan fingerprint density at radius 2 is 2.17 bits per heavy atom. The molecule has 0 aliphatic heterocycles. The third-order valence-electron chi connectivity index (χ3n) is 3.01. The van der Waals surface area contributed by atoms with Gasteiger partial charge < -0.3 is 15.2 Å². The molecule has 0 aliphatic carbocycles. The van der Waals surface area contributed by atoms with E-state index < -0.39 is 5.91 Å². The van der Waals surface area contributed by atoms with Crippen LogP contribution in [0.2, 0.25) is 0 Å². The summed E-state index contributed by atoms with van der Waals surface area (Å²) in [5, 5.41) is 18.1. The summed E-state index contributed by atoms with van der Waals surface area (Å²) in [4.78, 5) is 20.4. The number of hydrogen-bond donors (Lipinski definition) is 2. The van der Waals surface area contributed by atoms with Gasteiger partial charge in [0, 0.05) is 18.0 Å². The number of aromatic nitrogens is 3. The molecule has 8 nitrogen and oxygen atoms in total. The molecule has 2 N–H and O–H groups in total. The first kappa shape index (κ1) is 15.2. The fourth-order valence-corrected chi connectivity index (χ4v) is 1.95. The summed E-state index contributed by atoms with van der Waals surface area (Å²) in [6, 6.07) is 12.0. The van der Waals surface area contributed by atoms with Crippen molar-refractivity contribution in [1.82, 2.24) is 15.1 Å². The van der Waals surface area contributed by atoms with Gasteiger partial charge in [0.15, 0.2) is 5.82 Å². The van der Waals surface area contributed by atoms with Crippen molar-refractivity contribution in [3.8, 4) is 6.07 Å². The topological polar surface area (TPSA) is 117 Å². The van der Waals surface area contributed by atoms with E-state index in [0.717, 1.165) is 0 Å². The predicted octanol–water partition coefficient (Wildman–Crippen LogP) is 2.64. The lowest BCUT2D eigenvalue weighted by molar-refractivity contribution is 0.102. The van der Waals surface area contributed by atoms with Gasteiger partial charge in [0.1, 0.15) is 11.5 Å². The van der Waals surface area contributed by atoms with Crippen molar-refractivity contribution < 1.29 is 9.32 Å². The summed E-state index contributed by atoms with van der Waals surface area (Å²) in [6.07, 6.45) is 1.46. The molecule has 3 aromatic rings. The molecule has 3 rings (SSSR count). The van der Waals surface area contributed by atoms with Crippen LogP contribution in [0.4, 0.5) is 17.5 Å². The van der Waals surface area contributed by atoms with Gasteiger partial charge in [-0.05, 0) is 31.2 Å². The van der Waals surface area contributed by atoms with Gasteiger partial charge in [-0.15, -0.1) is 0 Å². The van der Waals surface area contributed by atoms with E-state index in [1.165, 1.54) is 12.3 Å². The Kier molecular flexibility index (Phi) is 4.16. The van der Waals surface area contributed by atoms with Crippen LogP contribution in [0, 0.1) is 18.3 Å². The van der Waals surface area contributed by atoms with Crippen molar-refractivity contribution in [1.29, 1.82) is 5.26 Å². The first-order chi connectivity index (χ1) is 11.6. The van der Waals surface area contributed by atoms with E-state index in [0.29, 0.717) is 22.8 Å². The summed E-state index contributed by atoms with van der Waals surface area (Å²) >= 11 is 0. The number of carbonyl (C=O) groups excluding carboxylic acids is 1. The van der Waals surface area contributed by atoms with Crippen LogP contribution in [0.5, 0.6) is 0 Å². The Labute approximate surface area is 137 Å². The van der Waals surface area contributed by atoms with Crippen LogP contribution in [-0.2, 0) is 0 Å². The summed E-state index contributed by atoms with van der Waals surface area (Å²) in [6.45, 7) is 1.73. The minimum absolute atomic E-state index is 0.171. The van der Waals surface area contributed by atoms with Crippen LogP contribution in [0.1, 0.15) is 21.8 Å². The van der Waals surface area contributed by atoms with Crippen LogP contribution in [0.3, 0.4) is 0 Å². The lowest BCUT2D eigenvalue weighted by Gasteiger charge is -2.06. The number of rotatable bonds is 4. The van der Waals surface area contributed by atoms with Gasteiger partial charge in [-0.2, -0.15) is 5.26 Å². The van der Waals surface area contributed by atoms with Crippen molar-refractivity contribution >= 4 is 23.4 Å². The van der Waals surface area contributed by atoms with Gasteiger partial charge in [-0.1, -0.05) is 11.2 Å². The number of hydrogen-bond acceptors (Lipinski definition) is 7. The van der Waals surface area contributed by atoms with Gasteiger partial charge >= 0.3 is 0 Å². The highest BCUT2D eigenvalue weighted by Gasteiger charge is 2.11. The molecule has 8 heteroatoms. The molecule has 1 amide bonds. The molecule has 0 saturated heterocycles. The molecule has 24 heavy (non-hydrogen) atoms. The maximum absolute atomic E-state index is 12.2. The second kappa shape index (κ2) is 6.58. The van der Waals surface area contributed by atoms with Gasteiger partial charge in [0.05, 0.1) is 11.6 Å². The monoisotopic (exact) mass is 320 g/mol. The molecule has 0 unspecified atom stereocenters. The van der Waals surface area contributed by atoms with E-state index in [9.17, 15) is 4.79 Å². The average Bonchev–Trinajstić information content (AvgIpc) is 3.00. The van der Waals surface area contributed by atoms with Crippen LogP contribution in [-0.4, -0.2) is 21.0 Å². The molecule has 118 valence electrons. The lowest BCUT2D eigenvalue weighted by atomic mass is 10.2. The highest BCUT2D eigenvalue weighted by Crippen LogP contribution is 2.15. The van der Waals surface area contributed by atoms with Crippen molar-refractivity contribution in [2.75, 3.05) is 10.6 Å². The minimum Gasteiger partial charge on any atom is -0.360 e. The molecule has 0 spiro atoms. The van der Waals surface area contributed by atoms with E-state index in [1.807, 2.05) is 0 Å². The van der Waals surface area contributed by atoms with Gasteiger partial charge in [-0.3, -0.25) is 4.79 Å². The number of aryl methyl sites for hydroxylation is 1. The molecule has 0 radical (unpaired) electrons. The number of carbonyl (C=O) groups is 1. The average molecular weight is 320 g/mol. The van der Waals surface area contributed by atoms with Crippen LogP contribution < -0.4 is 10.6 Å². The second-order valence-electron chi connectivity index (χ2n) is 4.86. The van der Waals surface area contributed by atoms with Crippen molar-refractivity contribution in [3.05, 3.63) is 59.6 Å². The van der Waals surface area contributed by atoms with Crippen LogP contribution >= 0.6 is 0 Å². The number of nitriles is 1. The molecular formula is C16H12N6O2. The lowest BCUT2D eigenvalue weighted by Crippen LogP contribution is -2.15. The summed E-state index contributed by atoms with van der Waals surface area (Å²) < 4.78 is 4.89. The smallest absolute Gasteiger partial charge is 0.275 e. The van der Waals surface area contributed by atoms with Crippen molar-refractivity contribution in [3.63, 3.8) is 0 Å². The molecule has 2 aromatic heterocycles. The zero-order chi connectivity index (χ0) is 16.9. The molecule has 0 fully saturated rings. The van der Waals surface area contributed by atoms with Crippen molar-refractivity contribution in [2.45, 2.75) is 6.92 Å². The van der Waals surface area contributed by atoms with E-state index >= 15 is 0 Å². The minimum atomic E-state index is -0.431. The molecule has 0 atom stereocenters. The molecule has 2 heterocycles. The second-order valence-corrected chi connectivity index (χ2v) is 4.86. The zero-order valence-electron chi connectivity index (χ0n) is 12.6. The van der Waals surface area contributed by atoms with Gasteiger partial charge in [0.2, 0.25) is 5.95 Å². The molecule has 1 aromatic carbocycles. The molecular weight excluding hydrogens is 308 g/mol. The number of nitrogens with zero attached hydrogens (tertiary/aromatic N) is 4. The van der Waals surface area contributed by atoms with Crippen LogP contribution in [0.25, 0.3) is 0 Å². The third kappa shape index (κ3) is 3.53. The fraction of sp³-hybridized carbons (Fsp3) is 0.0625. The number of amides is 1. The van der Waals surface area contributed by atoms with E-state index in [-0.39, 0.29) is 11.6 Å². The highest BCUT2D eigenvalue weighted by molar-refractivity contribution is 6.02. The fourth-order valence-electron chi connectivity index (χ4n) is 1.95. The normalized spacial score (nSPS) is 10.0. The summed E-state index contributed by atoms with van der Waals surface area (Å²) in [7, 11) is 0. The Hall–Kier alpha value is -3.73. The first-order valence-electron chi connectivity index (χ1n) is 6.99. The molecule has 0 bridgehead atoms. The third-order valence-corrected chi connectivity index (χ3v) is 3.01. The zero-order valence-corrected chi connectivity index (χ0v) is 12.6. The summed E-state index contributed by atoms with van der Waals surface area (Å²) in [5.41, 5.74) is 1.33. The number of anilines is 3. The van der Waals surface area contributed by atoms with Crippen molar-refractivity contribution in [2.24, 2.45) is 0 Å². The predicted molar refractivity (Wildman–Crippen MR) is 85.7 cm³/mol. The Morgan fingerprint density at radius 3 is 2.92 bits per heavy atom. The number of nitrogens with one attached hydrogen (secondary N) is 2. The largest absolute Gasteiger partial charge is 0.360 e. The maximum atomic E-state index is 12.2. The molecule has 0 aliphatic rings. The standard InChI is InChI=1S/C16H12N6O2/c1-10-7-14(22-24-10)21-15(23)13-5-6-18-16(20-13)19-12-4-2-3-11(8-12)9-17/h2-8H,1H3,(H,18,19,20)(H,21,22,23). The van der Waals surface area contributed by atoms with E-state index in [2.05, 4.69) is 31.8 Å². The van der Waals surface area contributed by atoms with Crippen LogP contribution in [0.15, 0.2) is 47.1 Å². The Balaban J connectivity index is 1.76. The van der Waals surface area contributed by atoms with Gasteiger partial charge in [-0.25, -0.2) is 9.97 Å². The van der Waals surface area contributed by atoms with Gasteiger partial charge in [0.25, 0.3) is 5.91 Å². The highest BCUT2D eigenvalue weighted by atomic mass is 16.5. The SMILES string of the molecule is Cc1cc(NC(=O)c2ccnc(Nc3cccc(C#N)c3)n2)no1. The quantitative estimate of drug-likeness (QED) is 0.758. The van der Waals surface area contributed by atoms with E-state index in [1.54, 1.807) is 37.3 Å². The summed E-state index contributed by atoms with van der Waals surface area (Å²) in [5.74, 6) is 0.716. The Bertz CT molecular complexity index is 928. The maximum Gasteiger partial charge on any atom is 0.275 e.